The molecule has 1 rings (SSSR count). The second-order valence-electron chi connectivity index (χ2n) is 3.87. The fraction of sp³-hybridized carbons (Fsp3) is 0.462. The lowest BCUT2D eigenvalue weighted by Crippen LogP contribution is -2.23. The van der Waals surface area contributed by atoms with Gasteiger partial charge in [-0.05, 0) is 24.6 Å². The van der Waals surface area contributed by atoms with Gasteiger partial charge in [0.2, 0.25) is 0 Å². The molecule has 0 heterocycles. The topological polar surface area (TPSA) is 68.9 Å². The first-order chi connectivity index (χ1) is 8.72. The number of methoxy groups -OCH3 is 1. The van der Waals surface area contributed by atoms with Crippen LogP contribution in [0, 0.1) is 6.92 Å². The summed E-state index contributed by atoms with van der Waals surface area (Å²) < 4.78 is 10.1. The maximum atomic E-state index is 5.76. The van der Waals surface area contributed by atoms with Gasteiger partial charge in [0.1, 0.15) is 0 Å². The van der Waals surface area contributed by atoms with E-state index >= 15 is 0 Å². The number of ether oxygens (including phenoxy) is 2. The molecule has 0 fully saturated rings. The van der Waals surface area contributed by atoms with Crippen LogP contribution < -0.4 is 11.1 Å². The number of benzene rings is 1. The molecule has 0 aliphatic carbocycles. The number of guanidine groups is 1. The van der Waals surface area contributed by atoms with Gasteiger partial charge in [-0.3, -0.25) is 4.99 Å². The Morgan fingerprint density at radius 1 is 1.32 bits per heavy atom. The SMILES string of the molecule is COCCOCCN=C(N)Nc1cccc(C)c1.I. The van der Waals surface area contributed by atoms with Crippen molar-refractivity contribution in [2.45, 2.75) is 6.92 Å². The third-order valence-corrected chi connectivity index (χ3v) is 2.24. The van der Waals surface area contributed by atoms with Gasteiger partial charge in [0, 0.05) is 12.8 Å². The molecule has 0 saturated carbocycles. The average Bonchev–Trinajstić information content (AvgIpc) is 2.33. The normalized spacial score (nSPS) is 10.9. The van der Waals surface area contributed by atoms with Crippen molar-refractivity contribution >= 4 is 35.6 Å². The van der Waals surface area contributed by atoms with Gasteiger partial charge < -0.3 is 20.5 Å². The second kappa shape index (κ2) is 11.0. The minimum Gasteiger partial charge on any atom is -0.382 e. The number of nitrogens with one attached hydrogen (secondary N) is 1. The Labute approximate surface area is 131 Å². The summed E-state index contributed by atoms with van der Waals surface area (Å²) in [4.78, 5) is 4.16. The highest BCUT2D eigenvalue weighted by Gasteiger charge is 1.95. The van der Waals surface area contributed by atoms with Crippen LogP contribution in [0.1, 0.15) is 5.56 Å². The van der Waals surface area contributed by atoms with Crippen LogP contribution in [0.4, 0.5) is 5.69 Å². The smallest absolute Gasteiger partial charge is 0.193 e. The van der Waals surface area contributed by atoms with E-state index in [1.54, 1.807) is 7.11 Å². The molecule has 3 N–H and O–H groups in total. The summed E-state index contributed by atoms with van der Waals surface area (Å²) in [5.41, 5.74) is 7.87. The van der Waals surface area contributed by atoms with E-state index < -0.39 is 0 Å². The molecule has 0 aliphatic heterocycles. The molecule has 0 spiro atoms. The van der Waals surface area contributed by atoms with Gasteiger partial charge in [-0.15, -0.1) is 24.0 Å². The first kappa shape index (κ1) is 18.1. The molecular formula is C13H22IN3O2. The number of halogens is 1. The minimum atomic E-state index is 0. The zero-order valence-corrected chi connectivity index (χ0v) is 13.7. The lowest BCUT2D eigenvalue weighted by atomic mass is 10.2. The number of aryl methyl sites for hydroxylation is 1. The molecule has 0 atom stereocenters. The maximum absolute atomic E-state index is 5.76. The summed E-state index contributed by atoms with van der Waals surface area (Å²) in [7, 11) is 1.64. The minimum absolute atomic E-state index is 0. The van der Waals surface area contributed by atoms with E-state index in [2.05, 4.69) is 10.3 Å². The Morgan fingerprint density at radius 2 is 2.11 bits per heavy atom. The van der Waals surface area contributed by atoms with Crippen LogP contribution in [0.25, 0.3) is 0 Å². The average molecular weight is 379 g/mol. The van der Waals surface area contributed by atoms with Crippen LogP contribution in [0.3, 0.4) is 0 Å². The number of hydrogen-bond acceptors (Lipinski definition) is 3. The van der Waals surface area contributed by atoms with E-state index in [0.29, 0.717) is 32.3 Å². The van der Waals surface area contributed by atoms with Crippen LogP contribution in [0.2, 0.25) is 0 Å². The molecule has 5 nitrogen and oxygen atoms in total. The Kier molecular flexibility index (Phi) is 10.5. The Bertz CT molecular complexity index is 386. The lowest BCUT2D eigenvalue weighted by molar-refractivity contribution is 0.0748. The number of anilines is 1. The van der Waals surface area contributed by atoms with Crippen molar-refractivity contribution in [1.82, 2.24) is 0 Å². The van der Waals surface area contributed by atoms with Gasteiger partial charge in [0.15, 0.2) is 5.96 Å². The van der Waals surface area contributed by atoms with Crippen LogP contribution in [-0.2, 0) is 9.47 Å². The molecule has 108 valence electrons. The fourth-order valence-corrected chi connectivity index (χ4v) is 1.39. The summed E-state index contributed by atoms with van der Waals surface area (Å²) in [6.07, 6.45) is 0. The summed E-state index contributed by atoms with van der Waals surface area (Å²) in [6, 6.07) is 7.96. The van der Waals surface area contributed by atoms with Gasteiger partial charge in [0.25, 0.3) is 0 Å². The number of aliphatic imine (C=N–C) groups is 1. The molecule has 6 heteroatoms. The van der Waals surface area contributed by atoms with E-state index in [4.69, 9.17) is 15.2 Å². The van der Waals surface area contributed by atoms with E-state index in [1.165, 1.54) is 5.56 Å². The van der Waals surface area contributed by atoms with E-state index in [1.807, 2.05) is 31.2 Å². The third-order valence-electron chi connectivity index (χ3n) is 2.24. The molecule has 0 unspecified atom stereocenters. The molecule has 0 saturated heterocycles. The third kappa shape index (κ3) is 8.79. The number of rotatable bonds is 7. The molecule has 0 bridgehead atoms. The second-order valence-corrected chi connectivity index (χ2v) is 3.87. The highest BCUT2D eigenvalue weighted by molar-refractivity contribution is 14.0. The monoisotopic (exact) mass is 379 g/mol. The summed E-state index contributed by atoms with van der Waals surface area (Å²) in [5.74, 6) is 0.399. The Hall–Kier alpha value is -0.860. The quantitative estimate of drug-likeness (QED) is 0.329. The van der Waals surface area contributed by atoms with Crippen LogP contribution in [0.5, 0.6) is 0 Å². The zero-order valence-electron chi connectivity index (χ0n) is 11.4. The first-order valence-electron chi connectivity index (χ1n) is 5.92. The molecular weight excluding hydrogens is 357 g/mol. The van der Waals surface area contributed by atoms with Gasteiger partial charge in [-0.1, -0.05) is 12.1 Å². The molecule has 19 heavy (non-hydrogen) atoms. The molecule has 0 aromatic heterocycles. The Balaban J connectivity index is 0.00000324. The van der Waals surface area contributed by atoms with Crippen molar-refractivity contribution in [2.75, 3.05) is 38.8 Å². The van der Waals surface area contributed by atoms with E-state index in [0.717, 1.165) is 5.69 Å². The molecule has 1 aromatic rings. The zero-order chi connectivity index (χ0) is 13.2. The largest absolute Gasteiger partial charge is 0.382 e. The Morgan fingerprint density at radius 3 is 2.79 bits per heavy atom. The summed E-state index contributed by atoms with van der Waals surface area (Å²) in [6.45, 7) is 4.29. The van der Waals surface area contributed by atoms with Gasteiger partial charge in [-0.25, -0.2) is 0 Å². The van der Waals surface area contributed by atoms with Crippen molar-refractivity contribution in [1.29, 1.82) is 0 Å². The van der Waals surface area contributed by atoms with Gasteiger partial charge in [-0.2, -0.15) is 0 Å². The highest BCUT2D eigenvalue weighted by Crippen LogP contribution is 2.08. The van der Waals surface area contributed by atoms with Crippen LogP contribution in [-0.4, -0.2) is 39.4 Å². The van der Waals surface area contributed by atoms with Crippen molar-refractivity contribution in [3.05, 3.63) is 29.8 Å². The van der Waals surface area contributed by atoms with Crippen molar-refractivity contribution < 1.29 is 9.47 Å². The van der Waals surface area contributed by atoms with E-state index in [9.17, 15) is 0 Å². The molecule has 0 radical (unpaired) electrons. The fourth-order valence-electron chi connectivity index (χ4n) is 1.39. The number of nitrogens with two attached hydrogens (primary N) is 1. The molecule has 0 amide bonds. The van der Waals surface area contributed by atoms with Crippen LogP contribution >= 0.6 is 24.0 Å². The van der Waals surface area contributed by atoms with Gasteiger partial charge >= 0.3 is 0 Å². The van der Waals surface area contributed by atoms with Crippen LogP contribution in [0.15, 0.2) is 29.3 Å². The summed E-state index contributed by atoms with van der Waals surface area (Å²) in [5, 5.41) is 3.03. The first-order valence-corrected chi connectivity index (χ1v) is 5.92. The molecule has 0 aliphatic rings. The predicted octanol–water partition coefficient (Wildman–Crippen LogP) is 2.00. The lowest BCUT2D eigenvalue weighted by Gasteiger charge is -2.06. The highest BCUT2D eigenvalue weighted by atomic mass is 127. The van der Waals surface area contributed by atoms with Gasteiger partial charge in [0.05, 0.1) is 26.4 Å². The van der Waals surface area contributed by atoms with Crippen molar-refractivity contribution in [3.8, 4) is 0 Å². The predicted molar refractivity (Wildman–Crippen MR) is 89.4 cm³/mol. The number of hydrogen-bond donors (Lipinski definition) is 2. The summed E-state index contributed by atoms with van der Waals surface area (Å²) >= 11 is 0. The van der Waals surface area contributed by atoms with E-state index in [-0.39, 0.29) is 24.0 Å². The standard InChI is InChI=1S/C13H21N3O2.HI/c1-11-4-3-5-12(10-11)16-13(14)15-6-7-18-9-8-17-2;/h3-5,10H,6-9H2,1-2H3,(H3,14,15,16);1H. The van der Waals surface area contributed by atoms with Crippen molar-refractivity contribution in [3.63, 3.8) is 0 Å². The molecule has 1 aromatic carbocycles. The maximum Gasteiger partial charge on any atom is 0.193 e. The number of nitrogens with zero attached hydrogens (tertiary/aromatic N) is 1. The van der Waals surface area contributed by atoms with Crippen molar-refractivity contribution in [2.24, 2.45) is 10.7 Å².